The second-order valence-corrected chi connectivity index (χ2v) is 10.3. The van der Waals surface area contributed by atoms with E-state index in [9.17, 15) is 35.9 Å². The Hall–Kier alpha value is -4.29. The van der Waals surface area contributed by atoms with Gasteiger partial charge in [-0.25, -0.2) is 9.78 Å². The number of fused-ring (bicyclic) bond motifs is 1. The van der Waals surface area contributed by atoms with E-state index in [0.29, 0.717) is 34.5 Å². The summed E-state index contributed by atoms with van der Waals surface area (Å²) in [4.78, 5) is 30.2. The summed E-state index contributed by atoms with van der Waals surface area (Å²) in [5.41, 5.74) is -1.91. The van der Waals surface area contributed by atoms with Gasteiger partial charge in [0.05, 0.1) is 17.7 Å². The van der Waals surface area contributed by atoms with Crippen LogP contribution in [-0.2, 0) is 35.0 Å². The molecule has 0 fully saturated rings. The number of carbonyl (C=O) groups excluding carboxylic acids is 2. The lowest BCUT2D eigenvalue weighted by molar-refractivity contribution is -0.143. The maximum absolute atomic E-state index is 13.4. The van der Waals surface area contributed by atoms with Crippen LogP contribution in [0.4, 0.5) is 36.8 Å². The van der Waals surface area contributed by atoms with Gasteiger partial charge in [0.2, 0.25) is 5.88 Å². The SMILES string of the molecule is CC(C)(C)OC(=O)Nc1ccc(-c2ccnc3c2CN(Cc2cc(C(F)(F)F)cc(C(F)(F)F)c2)C(=O)CO3)cc1. The van der Waals surface area contributed by atoms with E-state index in [1.54, 1.807) is 51.1 Å². The minimum atomic E-state index is -5.02. The lowest BCUT2D eigenvalue weighted by Gasteiger charge is -2.23. The summed E-state index contributed by atoms with van der Waals surface area (Å²) in [7, 11) is 0. The Morgan fingerprint density at radius 3 is 2.15 bits per heavy atom. The molecule has 41 heavy (non-hydrogen) atoms. The molecule has 0 radical (unpaired) electrons. The maximum Gasteiger partial charge on any atom is 0.416 e. The van der Waals surface area contributed by atoms with E-state index in [0.717, 1.165) is 4.90 Å². The van der Waals surface area contributed by atoms with Crippen molar-refractivity contribution >= 4 is 17.7 Å². The van der Waals surface area contributed by atoms with Gasteiger partial charge in [-0.3, -0.25) is 10.1 Å². The number of hydrogen-bond donors (Lipinski definition) is 1. The van der Waals surface area contributed by atoms with Gasteiger partial charge >= 0.3 is 18.4 Å². The van der Waals surface area contributed by atoms with E-state index in [1.165, 1.54) is 6.20 Å². The number of pyridine rings is 1. The zero-order valence-corrected chi connectivity index (χ0v) is 22.1. The number of amides is 2. The van der Waals surface area contributed by atoms with Gasteiger partial charge in [0.1, 0.15) is 5.60 Å². The Labute approximate surface area is 231 Å². The average Bonchev–Trinajstić information content (AvgIpc) is 3.01. The number of nitrogens with zero attached hydrogens (tertiary/aromatic N) is 2. The number of benzene rings is 2. The molecule has 1 aliphatic heterocycles. The van der Waals surface area contributed by atoms with Crippen molar-refractivity contribution in [1.29, 1.82) is 0 Å². The summed E-state index contributed by atoms with van der Waals surface area (Å²) in [6.07, 6.45) is -9.23. The predicted octanol–water partition coefficient (Wildman–Crippen LogP) is 7.05. The maximum atomic E-state index is 13.4. The molecule has 7 nitrogen and oxygen atoms in total. The van der Waals surface area contributed by atoms with E-state index in [1.807, 2.05) is 0 Å². The van der Waals surface area contributed by atoms with Crippen molar-refractivity contribution in [3.05, 3.63) is 77.0 Å². The monoisotopic (exact) mass is 581 g/mol. The lowest BCUT2D eigenvalue weighted by atomic mass is 10.00. The van der Waals surface area contributed by atoms with Gasteiger partial charge in [-0.2, -0.15) is 26.3 Å². The van der Waals surface area contributed by atoms with Crippen LogP contribution in [-0.4, -0.2) is 34.1 Å². The summed E-state index contributed by atoms with van der Waals surface area (Å²) >= 11 is 0. The van der Waals surface area contributed by atoms with Crippen LogP contribution in [0, 0.1) is 0 Å². The van der Waals surface area contributed by atoms with Crippen LogP contribution in [0.2, 0.25) is 0 Å². The number of ether oxygens (including phenoxy) is 2. The van der Waals surface area contributed by atoms with Gasteiger partial charge in [0, 0.05) is 24.0 Å². The Kier molecular flexibility index (Phi) is 7.92. The second-order valence-electron chi connectivity index (χ2n) is 10.3. The molecule has 1 aliphatic rings. The van der Waals surface area contributed by atoms with E-state index in [-0.39, 0.29) is 24.1 Å². The predicted molar refractivity (Wildman–Crippen MR) is 136 cm³/mol. The van der Waals surface area contributed by atoms with Crippen molar-refractivity contribution < 1.29 is 45.4 Å². The van der Waals surface area contributed by atoms with E-state index < -0.39 is 54.2 Å². The van der Waals surface area contributed by atoms with Crippen LogP contribution in [0.3, 0.4) is 0 Å². The van der Waals surface area contributed by atoms with Gasteiger partial charge in [-0.15, -0.1) is 0 Å². The molecule has 0 spiro atoms. The summed E-state index contributed by atoms with van der Waals surface area (Å²) < 4.78 is 90.9. The highest BCUT2D eigenvalue weighted by Crippen LogP contribution is 2.37. The first kappa shape index (κ1) is 29.7. The lowest BCUT2D eigenvalue weighted by Crippen LogP contribution is -2.32. The molecule has 1 aromatic heterocycles. The van der Waals surface area contributed by atoms with Crippen molar-refractivity contribution in [2.75, 3.05) is 11.9 Å². The van der Waals surface area contributed by atoms with Crippen molar-refractivity contribution in [1.82, 2.24) is 9.88 Å². The third-order valence-corrected chi connectivity index (χ3v) is 5.91. The average molecular weight is 582 g/mol. The molecule has 0 atom stereocenters. The standard InChI is InChI=1S/C28H25F6N3O4/c1-26(2,3)41-25(39)36-20-6-4-17(5-7-20)21-8-9-35-24-22(21)14-37(23(38)15-40-24)13-16-10-18(27(29,30)31)12-19(11-16)28(32,33)34/h4-12H,13-15H2,1-3H3,(H,36,39). The van der Waals surface area contributed by atoms with Gasteiger partial charge in [0.25, 0.3) is 5.91 Å². The number of carbonyl (C=O) groups is 2. The number of rotatable bonds is 4. The van der Waals surface area contributed by atoms with Crippen LogP contribution >= 0.6 is 0 Å². The van der Waals surface area contributed by atoms with Crippen LogP contribution in [0.25, 0.3) is 11.1 Å². The fraction of sp³-hybridized carbons (Fsp3) is 0.321. The minimum absolute atomic E-state index is 0.0372. The van der Waals surface area contributed by atoms with Gasteiger partial charge in [-0.05, 0) is 73.9 Å². The number of alkyl halides is 6. The van der Waals surface area contributed by atoms with Gasteiger partial charge in [0.15, 0.2) is 6.61 Å². The summed E-state index contributed by atoms with van der Waals surface area (Å²) in [6.45, 7) is 3.96. The molecule has 2 aromatic carbocycles. The second kappa shape index (κ2) is 10.9. The molecule has 3 aromatic rings. The summed E-state index contributed by atoms with van der Waals surface area (Å²) in [5, 5.41) is 2.61. The fourth-order valence-corrected chi connectivity index (χ4v) is 4.15. The first-order valence-corrected chi connectivity index (χ1v) is 12.3. The molecule has 2 amide bonds. The molecule has 0 bridgehead atoms. The van der Waals surface area contributed by atoms with Crippen LogP contribution in [0.1, 0.15) is 43.0 Å². The third-order valence-electron chi connectivity index (χ3n) is 5.91. The highest BCUT2D eigenvalue weighted by Gasteiger charge is 2.37. The molecular weight excluding hydrogens is 556 g/mol. The third kappa shape index (κ3) is 7.47. The van der Waals surface area contributed by atoms with E-state index in [4.69, 9.17) is 9.47 Å². The van der Waals surface area contributed by atoms with Crippen molar-refractivity contribution in [3.8, 4) is 17.0 Å². The van der Waals surface area contributed by atoms with E-state index in [2.05, 4.69) is 10.3 Å². The topological polar surface area (TPSA) is 80.8 Å². The Morgan fingerprint density at radius 2 is 1.59 bits per heavy atom. The molecule has 0 aliphatic carbocycles. The summed E-state index contributed by atoms with van der Waals surface area (Å²) in [5.74, 6) is -0.536. The molecule has 2 heterocycles. The first-order valence-electron chi connectivity index (χ1n) is 12.3. The van der Waals surface area contributed by atoms with Crippen LogP contribution in [0.5, 0.6) is 5.88 Å². The van der Waals surface area contributed by atoms with Crippen molar-refractivity contribution in [2.45, 2.75) is 51.8 Å². The Balaban J connectivity index is 1.63. The Bertz CT molecular complexity index is 1410. The molecule has 0 unspecified atom stereocenters. The zero-order chi connectivity index (χ0) is 30.2. The fourth-order valence-electron chi connectivity index (χ4n) is 4.15. The minimum Gasteiger partial charge on any atom is -0.467 e. The largest absolute Gasteiger partial charge is 0.467 e. The molecule has 0 saturated carbocycles. The number of nitrogens with one attached hydrogen (secondary N) is 1. The number of halogens is 6. The van der Waals surface area contributed by atoms with Crippen molar-refractivity contribution in [3.63, 3.8) is 0 Å². The molecule has 218 valence electrons. The number of aromatic nitrogens is 1. The molecule has 13 heteroatoms. The highest BCUT2D eigenvalue weighted by molar-refractivity contribution is 5.85. The molecule has 1 N–H and O–H groups in total. The molecular formula is C28H25F6N3O4. The van der Waals surface area contributed by atoms with Gasteiger partial charge < -0.3 is 14.4 Å². The number of anilines is 1. The first-order chi connectivity index (χ1) is 19.0. The van der Waals surface area contributed by atoms with Gasteiger partial charge in [-0.1, -0.05) is 12.1 Å². The molecule has 4 rings (SSSR count). The van der Waals surface area contributed by atoms with E-state index >= 15 is 0 Å². The molecule has 0 saturated heterocycles. The Morgan fingerprint density at radius 1 is 0.976 bits per heavy atom. The van der Waals surface area contributed by atoms with Crippen LogP contribution < -0.4 is 10.1 Å². The smallest absolute Gasteiger partial charge is 0.416 e. The number of hydrogen-bond acceptors (Lipinski definition) is 5. The summed E-state index contributed by atoms with van der Waals surface area (Å²) in [6, 6.07) is 9.46. The zero-order valence-electron chi connectivity index (χ0n) is 22.1. The van der Waals surface area contributed by atoms with Crippen molar-refractivity contribution in [2.24, 2.45) is 0 Å². The van der Waals surface area contributed by atoms with Crippen LogP contribution in [0.15, 0.2) is 54.7 Å². The quantitative estimate of drug-likeness (QED) is 0.334. The normalized spacial score (nSPS) is 14.2. The highest BCUT2D eigenvalue weighted by atomic mass is 19.4.